The lowest BCUT2D eigenvalue weighted by Gasteiger charge is -2.05. The zero-order chi connectivity index (χ0) is 12.3. The van der Waals surface area contributed by atoms with Gasteiger partial charge >= 0.3 is 0 Å². The first kappa shape index (κ1) is 11.0. The van der Waals surface area contributed by atoms with Crippen LogP contribution in [0.15, 0.2) is 30.5 Å². The van der Waals surface area contributed by atoms with Crippen molar-refractivity contribution in [2.24, 2.45) is 0 Å². The number of nitrogens with zero attached hydrogens (tertiary/aromatic N) is 2. The van der Waals surface area contributed by atoms with E-state index in [9.17, 15) is 14.9 Å². The maximum atomic E-state index is 10.8. The molecule has 6 heteroatoms. The lowest BCUT2D eigenvalue weighted by molar-refractivity contribution is -0.383. The van der Waals surface area contributed by atoms with E-state index in [1.807, 2.05) is 0 Å². The summed E-state index contributed by atoms with van der Waals surface area (Å²) < 4.78 is 5.15. The number of pyridine rings is 1. The number of rotatable bonds is 4. The molecule has 0 aliphatic heterocycles. The highest BCUT2D eigenvalue weighted by Crippen LogP contribution is 2.30. The van der Waals surface area contributed by atoms with Crippen molar-refractivity contribution in [3.63, 3.8) is 0 Å². The third-order valence-electron chi connectivity index (χ3n) is 2.21. The minimum atomic E-state index is -0.479. The van der Waals surface area contributed by atoms with E-state index in [1.54, 1.807) is 12.1 Å². The number of benzene rings is 1. The van der Waals surface area contributed by atoms with Gasteiger partial charge in [-0.2, -0.15) is 0 Å². The van der Waals surface area contributed by atoms with E-state index in [4.69, 9.17) is 4.74 Å². The van der Waals surface area contributed by atoms with Crippen molar-refractivity contribution in [3.05, 3.63) is 40.6 Å². The second-order valence-electron chi connectivity index (χ2n) is 3.22. The van der Waals surface area contributed by atoms with Gasteiger partial charge in [0, 0.05) is 12.3 Å². The lowest BCUT2D eigenvalue weighted by atomic mass is 10.1. The highest BCUT2D eigenvalue weighted by molar-refractivity contribution is 5.92. The Morgan fingerprint density at radius 1 is 1.41 bits per heavy atom. The van der Waals surface area contributed by atoms with Crippen LogP contribution >= 0.6 is 0 Å². The second-order valence-corrected chi connectivity index (χ2v) is 3.22. The quantitative estimate of drug-likeness (QED) is 0.455. The van der Waals surface area contributed by atoms with Crippen LogP contribution < -0.4 is 4.74 Å². The average molecular weight is 232 g/mol. The molecule has 0 amide bonds. The number of carbonyl (C=O) groups is 1. The fourth-order valence-corrected chi connectivity index (χ4v) is 1.53. The molecule has 1 aromatic carbocycles. The van der Waals surface area contributed by atoms with Crippen molar-refractivity contribution in [1.82, 2.24) is 4.98 Å². The summed E-state index contributed by atoms with van der Waals surface area (Å²) in [6, 6.07) is 5.98. The first-order valence-corrected chi connectivity index (χ1v) is 4.82. The Labute approximate surface area is 96.0 Å². The molecule has 0 unspecified atom stereocenters. The summed E-state index contributed by atoms with van der Waals surface area (Å²) in [7, 11) is 0. The van der Waals surface area contributed by atoms with Crippen LogP contribution in [0.2, 0.25) is 0 Å². The smallest absolute Gasteiger partial charge is 0.279 e. The Kier molecular flexibility index (Phi) is 2.95. The fourth-order valence-electron chi connectivity index (χ4n) is 1.53. The van der Waals surface area contributed by atoms with Crippen LogP contribution in [0.3, 0.4) is 0 Å². The largest absolute Gasteiger partial charge is 0.484 e. The van der Waals surface area contributed by atoms with Gasteiger partial charge in [-0.1, -0.05) is 0 Å². The van der Waals surface area contributed by atoms with Gasteiger partial charge < -0.3 is 4.74 Å². The maximum Gasteiger partial charge on any atom is 0.279 e. The topological polar surface area (TPSA) is 82.3 Å². The van der Waals surface area contributed by atoms with Crippen LogP contribution in [-0.4, -0.2) is 22.8 Å². The van der Waals surface area contributed by atoms with E-state index in [1.165, 1.54) is 18.3 Å². The predicted octanol–water partition coefficient (Wildman–Crippen LogP) is 1.72. The van der Waals surface area contributed by atoms with Crippen LogP contribution in [0.4, 0.5) is 5.69 Å². The number of hydrogen-bond acceptors (Lipinski definition) is 5. The van der Waals surface area contributed by atoms with E-state index < -0.39 is 4.92 Å². The number of non-ortho nitro benzene ring substituents is 1. The third-order valence-corrected chi connectivity index (χ3v) is 2.21. The van der Waals surface area contributed by atoms with Gasteiger partial charge in [-0.25, -0.2) is 0 Å². The number of aldehydes is 1. The van der Waals surface area contributed by atoms with Crippen molar-refractivity contribution < 1.29 is 14.5 Å². The standard InChI is InChI=1S/C11H8N2O4/c14-6-7-17-10-4-3-9(13(15)16)8-2-1-5-12-11(8)10/h1-6H,7H2. The van der Waals surface area contributed by atoms with Crippen LogP contribution in [-0.2, 0) is 4.79 Å². The van der Waals surface area contributed by atoms with E-state index in [0.717, 1.165) is 0 Å². The number of nitro groups is 1. The molecular weight excluding hydrogens is 224 g/mol. The third kappa shape index (κ3) is 2.05. The Balaban J connectivity index is 2.61. The monoisotopic (exact) mass is 232 g/mol. The molecule has 0 aliphatic rings. The van der Waals surface area contributed by atoms with Crippen LogP contribution in [0.1, 0.15) is 0 Å². The molecule has 0 radical (unpaired) electrons. The summed E-state index contributed by atoms with van der Waals surface area (Å²) in [5, 5.41) is 11.2. The van der Waals surface area contributed by atoms with Gasteiger partial charge in [-0.05, 0) is 18.2 Å². The first-order valence-electron chi connectivity index (χ1n) is 4.82. The van der Waals surface area contributed by atoms with Gasteiger partial charge in [0.05, 0.1) is 10.3 Å². The highest BCUT2D eigenvalue weighted by atomic mass is 16.6. The number of ether oxygens (including phenoxy) is 1. The molecule has 86 valence electrons. The summed E-state index contributed by atoms with van der Waals surface area (Å²) in [5.41, 5.74) is 0.343. The lowest BCUT2D eigenvalue weighted by Crippen LogP contribution is -2.00. The Morgan fingerprint density at radius 2 is 2.24 bits per heavy atom. The van der Waals surface area contributed by atoms with Crippen molar-refractivity contribution in [3.8, 4) is 5.75 Å². The van der Waals surface area contributed by atoms with Gasteiger partial charge in [0.15, 0.2) is 6.29 Å². The van der Waals surface area contributed by atoms with Crippen molar-refractivity contribution in [2.45, 2.75) is 0 Å². The molecule has 1 aromatic heterocycles. The summed E-state index contributed by atoms with van der Waals surface area (Å²) in [6.07, 6.45) is 2.12. The molecule has 2 aromatic rings. The van der Waals surface area contributed by atoms with Gasteiger partial charge in [0.25, 0.3) is 5.69 Å². The van der Waals surface area contributed by atoms with E-state index in [0.29, 0.717) is 22.9 Å². The van der Waals surface area contributed by atoms with Gasteiger partial charge in [0.2, 0.25) is 0 Å². The number of fused-ring (bicyclic) bond motifs is 1. The number of hydrogen-bond donors (Lipinski definition) is 0. The summed E-state index contributed by atoms with van der Waals surface area (Å²) >= 11 is 0. The summed E-state index contributed by atoms with van der Waals surface area (Å²) in [6.45, 7) is -0.108. The molecule has 2 rings (SSSR count). The zero-order valence-electron chi connectivity index (χ0n) is 8.70. The minimum Gasteiger partial charge on any atom is -0.484 e. The van der Waals surface area contributed by atoms with E-state index >= 15 is 0 Å². The zero-order valence-corrected chi connectivity index (χ0v) is 8.70. The fraction of sp³-hybridized carbons (Fsp3) is 0.0909. The molecule has 0 fully saturated rings. The molecule has 6 nitrogen and oxygen atoms in total. The molecule has 0 N–H and O–H groups in total. The minimum absolute atomic E-state index is 0.0356. The van der Waals surface area contributed by atoms with Crippen LogP contribution in [0.25, 0.3) is 10.9 Å². The van der Waals surface area contributed by atoms with Crippen molar-refractivity contribution >= 4 is 22.9 Å². The number of nitro benzene ring substituents is 1. The SMILES string of the molecule is O=CCOc1ccc([N+](=O)[O-])c2cccnc12. The van der Waals surface area contributed by atoms with Gasteiger partial charge in [-0.15, -0.1) is 0 Å². The molecule has 0 spiro atoms. The molecular formula is C11H8N2O4. The maximum absolute atomic E-state index is 10.8. The molecule has 0 saturated heterocycles. The van der Waals surface area contributed by atoms with E-state index in [-0.39, 0.29) is 12.3 Å². The number of carbonyl (C=O) groups excluding carboxylic acids is 1. The summed E-state index contributed by atoms with van der Waals surface area (Å²) in [4.78, 5) is 24.6. The average Bonchev–Trinajstić information content (AvgIpc) is 2.35. The number of aromatic nitrogens is 1. The van der Waals surface area contributed by atoms with E-state index in [2.05, 4.69) is 4.98 Å². The van der Waals surface area contributed by atoms with Gasteiger partial charge in [0.1, 0.15) is 17.9 Å². The molecule has 0 aliphatic carbocycles. The Hall–Kier alpha value is -2.50. The first-order chi connectivity index (χ1) is 8.24. The van der Waals surface area contributed by atoms with Crippen molar-refractivity contribution in [1.29, 1.82) is 0 Å². The van der Waals surface area contributed by atoms with Gasteiger partial charge in [-0.3, -0.25) is 19.9 Å². The molecule has 1 heterocycles. The normalized spacial score (nSPS) is 10.1. The Bertz CT molecular complexity index is 583. The Morgan fingerprint density at radius 3 is 2.94 bits per heavy atom. The molecule has 0 atom stereocenters. The van der Waals surface area contributed by atoms with Crippen LogP contribution in [0, 0.1) is 10.1 Å². The van der Waals surface area contributed by atoms with Crippen LogP contribution in [0.5, 0.6) is 5.75 Å². The highest BCUT2D eigenvalue weighted by Gasteiger charge is 2.15. The predicted molar refractivity (Wildman–Crippen MR) is 60.0 cm³/mol. The molecule has 0 saturated carbocycles. The van der Waals surface area contributed by atoms with Crippen molar-refractivity contribution in [2.75, 3.05) is 6.61 Å². The molecule has 17 heavy (non-hydrogen) atoms. The molecule has 0 bridgehead atoms. The summed E-state index contributed by atoms with van der Waals surface area (Å²) in [5.74, 6) is 0.360. The second kappa shape index (κ2) is 4.56.